The Kier molecular flexibility index (Phi) is 5.74. The van der Waals surface area contributed by atoms with E-state index in [1.807, 2.05) is 6.92 Å². The van der Waals surface area contributed by atoms with E-state index < -0.39 is 6.10 Å². The summed E-state index contributed by atoms with van der Waals surface area (Å²) in [6.45, 7) is 4.17. The molecule has 23 heavy (non-hydrogen) atoms. The average molecular weight is 313 g/mol. The van der Waals surface area contributed by atoms with Crippen LogP contribution in [0.4, 0.5) is 5.69 Å². The summed E-state index contributed by atoms with van der Waals surface area (Å²) >= 11 is 0. The molecule has 2 aromatic carbocycles. The molecule has 2 aromatic rings. The Morgan fingerprint density at radius 1 is 1.09 bits per heavy atom. The lowest BCUT2D eigenvalue weighted by Gasteiger charge is -2.15. The topological polar surface area (TPSA) is 64.6 Å². The second-order valence-corrected chi connectivity index (χ2v) is 4.89. The first-order chi connectivity index (χ1) is 11.1. The van der Waals surface area contributed by atoms with Crippen molar-refractivity contribution in [3.05, 3.63) is 54.1 Å². The van der Waals surface area contributed by atoms with Crippen molar-refractivity contribution in [3.8, 4) is 11.5 Å². The third-order valence-electron chi connectivity index (χ3n) is 3.13. The van der Waals surface area contributed by atoms with Gasteiger partial charge in [-0.15, -0.1) is 0 Å². The predicted octanol–water partition coefficient (Wildman–Crippen LogP) is 3.30. The highest BCUT2D eigenvalue weighted by molar-refractivity contribution is 5.94. The fourth-order valence-corrected chi connectivity index (χ4v) is 1.93. The molecule has 0 saturated carbocycles. The minimum Gasteiger partial charge on any atom is -0.494 e. The van der Waals surface area contributed by atoms with E-state index in [1.54, 1.807) is 55.5 Å². The largest absolute Gasteiger partial charge is 0.494 e. The number of hydrogen-bond donors (Lipinski definition) is 1. The number of aldehydes is 1. The number of ether oxygens (including phenoxy) is 2. The highest BCUT2D eigenvalue weighted by Gasteiger charge is 2.14. The first-order valence-electron chi connectivity index (χ1n) is 7.38. The van der Waals surface area contributed by atoms with E-state index in [-0.39, 0.29) is 5.91 Å². The molecule has 1 unspecified atom stereocenters. The third-order valence-corrected chi connectivity index (χ3v) is 3.13. The van der Waals surface area contributed by atoms with Gasteiger partial charge in [-0.05, 0) is 62.4 Å². The Balaban J connectivity index is 1.92. The van der Waals surface area contributed by atoms with Gasteiger partial charge in [0.2, 0.25) is 0 Å². The zero-order chi connectivity index (χ0) is 16.7. The van der Waals surface area contributed by atoms with Gasteiger partial charge < -0.3 is 14.8 Å². The minimum atomic E-state index is -0.663. The van der Waals surface area contributed by atoms with E-state index in [4.69, 9.17) is 9.47 Å². The van der Waals surface area contributed by atoms with E-state index in [0.717, 1.165) is 12.0 Å². The van der Waals surface area contributed by atoms with Gasteiger partial charge in [-0.25, -0.2) is 0 Å². The molecule has 5 nitrogen and oxygen atoms in total. The Hall–Kier alpha value is -2.82. The number of hydrogen-bond acceptors (Lipinski definition) is 4. The second-order valence-electron chi connectivity index (χ2n) is 4.89. The van der Waals surface area contributed by atoms with Gasteiger partial charge in [-0.2, -0.15) is 0 Å². The molecule has 0 bridgehead atoms. The smallest absolute Gasteiger partial charge is 0.265 e. The Morgan fingerprint density at radius 3 is 2.26 bits per heavy atom. The van der Waals surface area contributed by atoms with Crippen LogP contribution in [-0.4, -0.2) is 24.9 Å². The fraction of sp³-hybridized carbons (Fsp3) is 0.222. The summed E-state index contributed by atoms with van der Waals surface area (Å²) in [5.74, 6) is 1.03. The number of nitrogens with one attached hydrogen (secondary N) is 1. The normalized spacial score (nSPS) is 11.4. The van der Waals surface area contributed by atoms with Gasteiger partial charge in [0.15, 0.2) is 6.10 Å². The first-order valence-corrected chi connectivity index (χ1v) is 7.38. The quantitative estimate of drug-likeness (QED) is 0.797. The summed E-state index contributed by atoms with van der Waals surface area (Å²) in [7, 11) is 0. The van der Waals surface area contributed by atoms with Crippen LogP contribution >= 0.6 is 0 Å². The van der Waals surface area contributed by atoms with Crippen LogP contribution in [0.1, 0.15) is 24.2 Å². The van der Waals surface area contributed by atoms with Gasteiger partial charge in [0.1, 0.15) is 17.8 Å². The van der Waals surface area contributed by atoms with Gasteiger partial charge in [0, 0.05) is 11.3 Å². The molecule has 1 amide bonds. The molecule has 0 spiro atoms. The molecule has 0 aliphatic rings. The number of rotatable bonds is 7. The van der Waals surface area contributed by atoms with Crippen LogP contribution in [0.5, 0.6) is 11.5 Å². The molecular weight excluding hydrogens is 294 g/mol. The Bertz CT molecular complexity index is 650. The number of benzene rings is 2. The van der Waals surface area contributed by atoms with E-state index in [9.17, 15) is 9.59 Å². The lowest BCUT2D eigenvalue weighted by Crippen LogP contribution is -2.30. The van der Waals surface area contributed by atoms with E-state index >= 15 is 0 Å². The van der Waals surface area contributed by atoms with Gasteiger partial charge in [-0.1, -0.05) is 0 Å². The average Bonchev–Trinajstić information content (AvgIpc) is 2.57. The molecule has 5 heteroatoms. The molecule has 0 aliphatic carbocycles. The maximum atomic E-state index is 12.1. The SMILES string of the molecule is CCOc1ccc(NC(=O)C(C)Oc2ccc(C=O)cc2)cc1. The lowest BCUT2D eigenvalue weighted by atomic mass is 10.2. The summed E-state index contributed by atoms with van der Waals surface area (Å²) in [6.07, 6.45) is 0.0925. The van der Waals surface area contributed by atoms with Crippen molar-refractivity contribution in [1.82, 2.24) is 0 Å². The molecule has 1 atom stereocenters. The van der Waals surface area contributed by atoms with Gasteiger partial charge in [0.25, 0.3) is 5.91 Å². The summed E-state index contributed by atoms with van der Waals surface area (Å²) in [5, 5.41) is 2.78. The van der Waals surface area contributed by atoms with Crippen molar-refractivity contribution in [3.63, 3.8) is 0 Å². The molecule has 0 aromatic heterocycles. The monoisotopic (exact) mass is 313 g/mol. The summed E-state index contributed by atoms with van der Waals surface area (Å²) < 4.78 is 10.9. The maximum Gasteiger partial charge on any atom is 0.265 e. The maximum absolute atomic E-state index is 12.1. The van der Waals surface area contributed by atoms with Crippen molar-refractivity contribution in [2.75, 3.05) is 11.9 Å². The first kappa shape index (κ1) is 16.5. The second kappa shape index (κ2) is 7.98. The van der Waals surface area contributed by atoms with E-state index in [2.05, 4.69) is 5.32 Å². The molecule has 1 N–H and O–H groups in total. The lowest BCUT2D eigenvalue weighted by molar-refractivity contribution is -0.122. The zero-order valence-corrected chi connectivity index (χ0v) is 13.1. The van der Waals surface area contributed by atoms with Crippen molar-refractivity contribution >= 4 is 17.9 Å². The number of carbonyl (C=O) groups excluding carboxylic acids is 2. The molecule has 2 rings (SSSR count). The summed E-state index contributed by atoms with van der Waals surface area (Å²) in [6, 6.07) is 13.7. The van der Waals surface area contributed by atoms with E-state index in [0.29, 0.717) is 23.6 Å². The standard InChI is InChI=1S/C18H19NO4/c1-3-22-16-10-6-15(7-11-16)19-18(21)13(2)23-17-8-4-14(12-20)5-9-17/h4-13H,3H2,1-2H3,(H,19,21). The predicted molar refractivity (Wildman–Crippen MR) is 88.2 cm³/mol. The number of amides is 1. The Labute approximate surface area is 135 Å². The summed E-state index contributed by atoms with van der Waals surface area (Å²) in [4.78, 5) is 22.7. The molecule has 0 aliphatic heterocycles. The summed E-state index contributed by atoms with van der Waals surface area (Å²) in [5.41, 5.74) is 1.23. The molecule has 0 saturated heterocycles. The number of anilines is 1. The van der Waals surface area contributed by atoms with Crippen LogP contribution in [0.2, 0.25) is 0 Å². The minimum absolute atomic E-state index is 0.256. The van der Waals surface area contributed by atoms with Crippen molar-refractivity contribution in [2.24, 2.45) is 0 Å². The third kappa shape index (κ3) is 4.85. The van der Waals surface area contributed by atoms with Crippen LogP contribution in [0.15, 0.2) is 48.5 Å². The molecular formula is C18H19NO4. The van der Waals surface area contributed by atoms with Gasteiger partial charge >= 0.3 is 0 Å². The van der Waals surface area contributed by atoms with Crippen LogP contribution < -0.4 is 14.8 Å². The van der Waals surface area contributed by atoms with Crippen LogP contribution in [0.25, 0.3) is 0 Å². The van der Waals surface area contributed by atoms with Crippen LogP contribution in [-0.2, 0) is 4.79 Å². The van der Waals surface area contributed by atoms with Gasteiger partial charge in [0.05, 0.1) is 6.61 Å². The molecule has 120 valence electrons. The van der Waals surface area contributed by atoms with Crippen LogP contribution in [0.3, 0.4) is 0 Å². The van der Waals surface area contributed by atoms with Crippen molar-refractivity contribution in [1.29, 1.82) is 0 Å². The van der Waals surface area contributed by atoms with Crippen molar-refractivity contribution in [2.45, 2.75) is 20.0 Å². The Morgan fingerprint density at radius 2 is 1.70 bits per heavy atom. The highest BCUT2D eigenvalue weighted by atomic mass is 16.5. The van der Waals surface area contributed by atoms with E-state index in [1.165, 1.54) is 0 Å². The highest BCUT2D eigenvalue weighted by Crippen LogP contribution is 2.17. The molecule has 0 radical (unpaired) electrons. The molecule has 0 heterocycles. The number of carbonyl (C=O) groups is 2. The fourth-order valence-electron chi connectivity index (χ4n) is 1.93. The zero-order valence-electron chi connectivity index (χ0n) is 13.1. The molecule has 0 fully saturated rings. The van der Waals surface area contributed by atoms with Crippen molar-refractivity contribution < 1.29 is 19.1 Å². The van der Waals surface area contributed by atoms with Crippen LogP contribution in [0, 0.1) is 0 Å². The van der Waals surface area contributed by atoms with Gasteiger partial charge in [-0.3, -0.25) is 9.59 Å².